The van der Waals surface area contributed by atoms with Crippen LogP contribution in [0.1, 0.15) is 25.7 Å². The second-order valence-electron chi connectivity index (χ2n) is 5.97. The van der Waals surface area contributed by atoms with Crippen LogP contribution in [-0.2, 0) is 4.79 Å². The van der Waals surface area contributed by atoms with Crippen LogP contribution in [0.3, 0.4) is 0 Å². The Kier molecular flexibility index (Phi) is 4.15. The van der Waals surface area contributed by atoms with Gasteiger partial charge in [-0.1, -0.05) is 11.6 Å². The highest BCUT2D eigenvalue weighted by molar-refractivity contribution is 6.31. The quantitative estimate of drug-likeness (QED) is 0.901. The zero-order chi connectivity index (χ0) is 15.0. The van der Waals surface area contributed by atoms with Gasteiger partial charge >= 0.3 is 0 Å². The van der Waals surface area contributed by atoms with Gasteiger partial charge in [0.2, 0.25) is 5.91 Å². The van der Waals surface area contributed by atoms with Crippen molar-refractivity contribution in [3.63, 3.8) is 0 Å². The van der Waals surface area contributed by atoms with Gasteiger partial charge in [-0.3, -0.25) is 9.69 Å². The van der Waals surface area contributed by atoms with E-state index in [1.54, 1.807) is 0 Å². The summed E-state index contributed by atoms with van der Waals surface area (Å²) in [7, 11) is 0. The number of carbonyl (C=O) groups excluding carboxylic acids is 1. The van der Waals surface area contributed by atoms with E-state index in [1.165, 1.54) is 18.2 Å². The number of fused-ring (bicyclic) bond motifs is 2. The molecule has 2 aliphatic rings. The number of nitrogens with two attached hydrogens (primary N) is 1. The van der Waals surface area contributed by atoms with Crippen LogP contribution in [0.15, 0.2) is 18.2 Å². The molecule has 1 aromatic rings. The van der Waals surface area contributed by atoms with E-state index in [0.717, 1.165) is 25.7 Å². The average molecular weight is 312 g/mol. The first kappa shape index (κ1) is 14.8. The Hall–Kier alpha value is -1.17. The fraction of sp³-hybridized carbons (Fsp3) is 0.533. The third-order valence-electron chi connectivity index (χ3n) is 4.45. The summed E-state index contributed by atoms with van der Waals surface area (Å²) in [6, 6.07) is 5.29. The van der Waals surface area contributed by atoms with E-state index < -0.39 is 5.82 Å². The number of piperidine rings is 1. The lowest BCUT2D eigenvalue weighted by Crippen LogP contribution is -2.49. The van der Waals surface area contributed by atoms with Crippen molar-refractivity contribution in [2.45, 2.75) is 43.8 Å². The van der Waals surface area contributed by atoms with Crippen LogP contribution in [0, 0.1) is 5.82 Å². The number of hydrogen-bond acceptors (Lipinski definition) is 3. The van der Waals surface area contributed by atoms with Crippen molar-refractivity contribution in [2.24, 2.45) is 5.73 Å². The molecule has 0 saturated carbocycles. The number of nitrogens with zero attached hydrogens (tertiary/aromatic N) is 1. The van der Waals surface area contributed by atoms with Crippen molar-refractivity contribution in [2.75, 3.05) is 11.9 Å². The minimum Gasteiger partial charge on any atom is -0.328 e. The molecule has 2 fully saturated rings. The van der Waals surface area contributed by atoms with Crippen LogP contribution in [-0.4, -0.2) is 35.5 Å². The molecule has 1 aromatic carbocycles. The predicted octanol–water partition coefficient (Wildman–Crippen LogP) is 2.37. The van der Waals surface area contributed by atoms with Crippen LogP contribution in [0.25, 0.3) is 0 Å². The Morgan fingerprint density at radius 1 is 1.38 bits per heavy atom. The molecule has 0 aromatic heterocycles. The molecule has 2 atom stereocenters. The largest absolute Gasteiger partial charge is 0.328 e. The fourth-order valence-electron chi connectivity index (χ4n) is 3.51. The van der Waals surface area contributed by atoms with Crippen molar-refractivity contribution in [1.82, 2.24) is 4.90 Å². The average Bonchev–Trinajstić information content (AvgIpc) is 2.67. The van der Waals surface area contributed by atoms with Gasteiger partial charge < -0.3 is 11.1 Å². The highest BCUT2D eigenvalue weighted by atomic mass is 35.5. The second kappa shape index (κ2) is 5.91. The molecule has 114 valence electrons. The molecule has 2 aliphatic heterocycles. The molecular formula is C15H19ClFN3O. The number of carbonyl (C=O) groups is 1. The van der Waals surface area contributed by atoms with Crippen molar-refractivity contribution in [3.8, 4) is 0 Å². The van der Waals surface area contributed by atoms with Crippen LogP contribution in [0.5, 0.6) is 0 Å². The molecule has 21 heavy (non-hydrogen) atoms. The third-order valence-corrected chi connectivity index (χ3v) is 4.74. The molecule has 2 heterocycles. The van der Waals surface area contributed by atoms with Gasteiger partial charge in [0, 0.05) is 23.8 Å². The van der Waals surface area contributed by atoms with E-state index >= 15 is 0 Å². The molecular weight excluding hydrogens is 293 g/mol. The lowest BCUT2D eigenvalue weighted by Gasteiger charge is -2.37. The summed E-state index contributed by atoms with van der Waals surface area (Å²) in [6.45, 7) is 0.358. The molecule has 2 bridgehead atoms. The van der Waals surface area contributed by atoms with Gasteiger partial charge in [0.1, 0.15) is 5.82 Å². The highest BCUT2D eigenvalue weighted by Crippen LogP contribution is 2.34. The third kappa shape index (κ3) is 3.20. The summed E-state index contributed by atoms with van der Waals surface area (Å²) in [5, 5.41) is 2.79. The molecule has 0 spiro atoms. The van der Waals surface area contributed by atoms with Gasteiger partial charge in [0.05, 0.1) is 11.6 Å². The van der Waals surface area contributed by atoms with Gasteiger partial charge in [0.25, 0.3) is 0 Å². The van der Waals surface area contributed by atoms with Crippen molar-refractivity contribution < 1.29 is 9.18 Å². The Labute approximate surface area is 128 Å². The van der Waals surface area contributed by atoms with Gasteiger partial charge in [-0.05, 0) is 43.9 Å². The highest BCUT2D eigenvalue weighted by Gasteiger charge is 2.40. The summed E-state index contributed by atoms with van der Waals surface area (Å²) in [6.07, 6.45) is 4.17. The summed E-state index contributed by atoms with van der Waals surface area (Å²) in [5.74, 6) is -0.581. The van der Waals surface area contributed by atoms with Crippen molar-refractivity contribution >= 4 is 23.2 Å². The minimum absolute atomic E-state index is 0.0109. The molecule has 3 N–H and O–H groups in total. The Bertz CT molecular complexity index is 540. The molecule has 2 unspecified atom stereocenters. The van der Waals surface area contributed by atoms with E-state index in [0.29, 0.717) is 24.3 Å². The van der Waals surface area contributed by atoms with E-state index in [2.05, 4.69) is 10.2 Å². The molecule has 4 nitrogen and oxygen atoms in total. The second-order valence-corrected chi connectivity index (χ2v) is 6.37. The number of nitrogens with one attached hydrogen (secondary N) is 1. The maximum absolute atomic E-state index is 13.1. The van der Waals surface area contributed by atoms with Crippen molar-refractivity contribution in [3.05, 3.63) is 29.0 Å². The first-order chi connectivity index (χ1) is 10.0. The topological polar surface area (TPSA) is 58.4 Å². The standard InChI is InChI=1S/C15H19ClFN3O/c16-13-7-10(1-4-14(13)17)19-15(21)8-20-11-2-3-12(20)6-9(18)5-11/h1,4,7,9,11-12H,2-3,5-6,8,18H2,(H,19,21). The molecule has 0 aliphatic carbocycles. The zero-order valence-electron chi connectivity index (χ0n) is 11.7. The van der Waals surface area contributed by atoms with Crippen molar-refractivity contribution in [1.29, 1.82) is 0 Å². The van der Waals surface area contributed by atoms with E-state index in [-0.39, 0.29) is 17.0 Å². The molecule has 6 heteroatoms. The number of rotatable bonds is 3. The lowest BCUT2D eigenvalue weighted by molar-refractivity contribution is -0.118. The van der Waals surface area contributed by atoms with Gasteiger partial charge in [0.15, 0.2) is 0 Å². The fourth-order valence-corrected chi connectivity index (χ4v) is 3.70. The SMILES string of the molecule is NC1CC2CCC(C1)N2CC(=O)Nc1ccc(F)c(Cl)c1. The maximum atomic E-state index is 13.1. The predicted molar refractivity (Wildman–Crippen MR) is 80.8 cm³/mol. The smallest absolute Gasteiger partial charge is 0.238 e. The Morgan fingerprint density at radius 3 is 2.67 bits per heavy atom. The monoisotopic (exact) mass is 311 g/mol. The molecule has 0 radical (unpaired) electrons. The molecule has 2 saturated heterocycles. The molecule has 3 rings (SSSR count). The first-order valence-corrected chi connectivity index (χ1v) is 7.67. The first-order valence-electron chi connectivity index (χ1n) is 7.29. The van der Waals surface area contributed by atoms with Gasteiger partial charge in [-0.25, -0.2) is 4.39 Å². The minimum atomic E-state index is -0.488. The molecule has 1 amide bonds. The maximum Gasteiger partial charge on any atom is 0.238 e. The lowest BCUT2D eigenvalue weighted by atomic mass is 9.98. The van der Waals surface area contributed by atoms with Gasteiger partial charge in [-0.2, -0.15) is 0 Å². The van der Waals surface area contributed by atoms with E-state index in [4.69, 9.17) is 17.3 Å². The Morgan fingerprint density at radius 2 is 2.05 bits per heavy atom. The number of amides is 1. The van der Waals surface area contributed by atoms with E-state index in [1.807, 2.05) is 0 Å². The van der Waals surface area contributed by atoms with Crippen LogP contribution in [0.4, 0.5) is 10.1 Å². The number of benzene rings is 1. The normalized spacial score (nSPS) is 28.6. The zero-order valence-corrected chi connectivity index (χ0v) is 12.4. The van der Waals surface area contributed by atoms with Crippen LogP contribution in [0.2, 0.25) is 5.02 Å². The summed E-state index contributed by atoms with van der Waals surface area (Å²) < 4.78 is 13.1. The Balaban J connectivity index is 1.60. The number of halogens is 2. The summed E-state index contributed by atoms with van der Waals surface area (Å²) >= 11 is 5.71. The summed E-state index contributed by atoms with van der Waals surface area (Å²) in [4.78, 5) is 14.4. The van der Waals surface area contributed by atoms with Crippen LogP contribution >= 0.6 is 11.6 Å². The number of anilines is 1. The van der Waals surface area contributed by atoms with Crippen LogP contribution < -0.4 is 11.1 Å². The summed E-state index contributed by atoms with van der Waals surface area (Å²) in [5.41, 5.74) is 6.55. The van der Waals surface area contributed by atoms with Gasteiger partial charge in [-0.15, -0.1) is 0 Å². The van der Waals surface area contributed by atoms with E-state index in [9.17, 15) is 9.18 Å². The number of hydrogen-bond donors (Lipinski definition) is 2.